The molecule has 0 unspecified atom stereocenters. The molecule has 0 aliphatic carbocycles. The molecule has 0 bridgehead atoms. The van der Waals surface area contributed by atoms with Crippen LogP contribution in [0.1, 0.15) is 12.8 Å². The van der Waals surface area contributed by atoms with E-state index in [-0.39, 0.29) is 29.1 Å². The minimum atomic E-state index is -5.06. The maximum atomic E-state index is 14.3. The normalized spacial score (nSPS) is 16.4. The number of hydrogen-bond acceptors (Lipinski definition) is 7. The van der Waals surface area contributed by atoms with Crippen LogP contribution in [-0.2, 0) is 9.53 Å². The SMILES string of the molecule is NC1(COC(=O)C(F)(F)F)CCN(c2cnc3c(-c4c(F)cccc4Cl)[nH]nc3n2)CC1. The number of carbonyl (C=O) groups is 1. The molecule has 8 nitrogen and oxygen atoms in total. The molecule has 0 spiro atoms. The summed E-state index contributed by atoms with van der Waals surface area (Å²) in [7, 11) is 0. The molecule has 3 N–H and O–H groups in total. The quantitative estimate of drug-likeness (QED) is 0.443. The van der Waals surface area contributed by atoms with Crippen molar-refractivity contribution in [1.82, 2.24) is 20.2 Å². The number of nitrogens with zero attached hydrogens (tertiary/aromatic N) is 4. The summed E-state index contributed by atoms with van der Waals surface area (Å²) in [6.07, 6.45) is -3.02. The first-order chi connectivity index (χ1) is 15.1. The van der Waals surface area contributed by atoms with E-state index >= 15 is 0 Å². The van der Waals surface area contributed by atoms with Crippen LogP contribution in [0, 0.1) is 5.82 Å². The Morgan fingerprint density at radius 2 is 2.03 bits per heavy atom. The fourth-order valence-electron chi connectivity index (χ4n) is 3.47. The van der Waals surface area contributed by atoms with Crippen molar-refractivity contribution in [3.8, 4) is 11.3 Å². The molecule has 3 heterocycles. The van der Waals surface area contributed by atoms with Crippen LogP contribution in [0.25, 0.3) is 22.4 Å². The molecule has 32 heavy (non-hydrogen) atoms. The second-order valence-corrected chi connectivity index (χ2v) is 7.93. The number of aromatic amines is 1. The van der Waals surface area contributed by atoms with E-state index in [1.165, 1.54) is 18.3 Å². The van der Waals surface area contributed by atoms with Gasteiger partial charge < -0.3 is 15.4 Å². The van der Waals surface area contributed by atoms with Crippen molar-refractivity contribution in [2.45, 2.75) is 24.6 Å². The highest BCUT2D eigenvalue weighted by atomic mass is 35.5. The molecule has 0 amide bonds. The number of nitrogens with two attached hydrogens (primary N) is 1. The third kappa shape index (κ3) is 4.32. The number of halogens is 5. The molecule has 1 aliphatic heterocycles. The Balaban J connectivity index is 1.47. The number of piperidine rings is 1. The molecule has 1 saturated heterocycles. The summed E-state index contributed by atoms with van der Waals surface area (Å²) in [6.45, 7) is 0.184. The van der Waals surface area contributed by atoms with Crippen molar-refractivity contribution in [3.63, 3.8) is 0 Å². The molecular formula is C19H17ClF4N6O2. The zero-order chi connectivity index (χ0) is 23.1. The van der Waals surface area contributed by atoms with Gasteiger partial charge >= 0.3 is 12.1 Å². The molecule has 3 aromatic rings. The first kappa shape index (κ1) is 22.2. The number of carbonyl (C=O) groups excluding carboxylic acids is 1. The van der Waals surface area contributed by atoms with Gasteiger partial charge in [-0.15, -0.1) is 0 Å². The average Bonchev–Trinajstić information content (AvgIpc) is 3.15. The largest absolute Gasteiger partial charge is 0.490 e. The molecule has 1 aliphatic rings. The van der Waals surface area contributed by atoms with Crippen LogP contribution in [-0.4, -0.2) is 57.5 Å². The van der Waals surface area contributed by atoms with Gasteiger partial charge in [0.1, 0.15) is 23.8 Å². The van der Waals surface area contributed by atoms with Crippen LogP contribution in [0.5, 0.6) is 0 Å². The predicted molar refractivity (Wildman–Crippen MR) is 107 cm³/mol. The standard InChI is InChI=1S/C19H17ClF4N6O2/c20-10-2-1-3-11(21)13(10)14-15-16(29-28-14)27-12(8-26-15)30-6-4-18(25,5-7-30)9-32-17(31)19(22,23)24/h1-3,8H,4-7,9,25H2,(H,27,28,29). The zero-order valence-electron chi connectivity index (χ0n) is 16.4. The Kier molecular flexibility index (Phi) is 5.67. The lowest BCUT2D eigenvalue weighted by atomic mass is 9.89. The monoisotopic (exact) mass is 472 g/mol. The molecule has 2 aromatic heterocycles. The summed E-state index contributed by atoms with van der Waals surface area (Å²) >= 11 is 6.12. The molecule has 170 valence electrons. The molecular weight excluding hydrogens is 456 g/mol. The Bertz CT molecular complexity index is 1140. The number of esters is 1. The third-order valence-electron chi connectivity index (χ3n) is 5.27. The molecule has 0 atom stereocenters. The predicted octanol–water partition coefficient (Wildman–Crippen LogP) is 3.22. The van der Waals surface area contributed by atoms with Crippen LogP contribution >= 0.6 is 11.6 Å². The molecule has 1 fully saturated rings. The number of H-pyrrole nitrogens is 1. The number of hydrogen-bond donors (Lipinski definition) is 2. The topological polar surface area (TPSA) is 110 Å². The summed E-state index contributed by atoms with van der Waals surface area (Å²) in [5.74, 6) is -2.31. The van der Waals surface area contributed by atoms with Gasteiger partial charge in [0.25, 0.3) is 0 Å². The van der Waals surface area contributed by atoms with E-state index in [1.807, 2.05) is 4.90 Å². The fourth-order valence-corrected chi connectivity index (χ4v) is 3.72. The van der Waals surface area contributed by atoms with E-state index in [2.05, 4.69) is 24.9 Å². The second kappa shape index (κ2) is 8.17. The van der Waals surface area contributed by atoms with Gasteiger partial charge in [0.15, 0.2) is 0 Å². The number of fused-ring (bicyclic) bond motifs is 1. The molecule has 0 saturated carbocycles. The van der Waals surface area contributed by atoms with Gasteiger partial charge in [0.05, 0.1) is 28.0 Å². The first-order valence-corrected chi connectivity index (χ1v) is 9.88. The van der Waals surface area contributed by atoms with Crippen LogP contribution in [0.2, 0.25) is 5.02 Å². The first-order valence-electron chi connectivity index (χ1n) is 9.51. The van der Waals surface area contributed by atoms with E-state index in [1.54, 1.807) is 6.07 Å². The number of benzene rings is 1. The van der Waals surface area contributed by atoms with E-state index in [4.69, 9.17) is 17.3 Å². The second-order valence-electron chi connectivity index (χ2n) is 7.52. The smallest absolute Gasteiger partial charge is 0.457 e. The van der Waals surface area contributed by atoms with E-state index in [9.17, 15) is 22.4 Å². The minimum absolute atomic E-state index is 0.137. The van der Waals surface area contributed by atoms with Crippen molar-refractivity contribution in [2.24, 2.45) is 5.73 Å². The Labute approximate surface area is 183 Å². The summed E-state index contributed by atoms with van der Waals surface area (Å²) in [5, 5.41) is 7.01. The average molecular weight is 473 g/mol. The molecule has 4 rings (SSSR count). The van der Waals surface area contributed by atoms with Crippen molar-refractivity contribution in [1.29, 1.82) is 0 Å². The minimum Gasteiger partial charge on any atom is -0.457 e. The van der Waals surface area contributed by atoms with Crippen molar-refractivity contribution in [3.05, 3.63) is 35.2 Å². The molecule has 0 radical (unpaired) electrons. The highest BCUT2D eigenvalue weighted by molar-refractivity contribution is 6.33. The molecule has 1 aromatic carbocycles. The van der Waals surface area contributed by atoms with Gasteiger partial charge in [-0.1, -0.05) is 17.7 Å². The number of aromatic nitrogens is 4. The highest BCUT2D eigenvalue weighted by Crippen LogP contribution is 2.33. The van der Waals surface area contributed by atoms with Crippen LogP contribution in [0.3, 0.4) is 0 Å². The number of alkyl halides is 3. The van der Waals surface area contributed by atoms with E-state index < -0.39 is 30.1 Å². The molecule has 13 heteroatoms. The van der Waals surface area contributed by atoms with Gasteiger partial charge in [-0.25, -0.2) is 19.2 Å². The maximum absolute atomic E-state index is 14.3. The summed E-state index contributed by atoms with van der Waals surface area (Å²) < 4.78 is 55.5. The van der Waals surface area contributed by atoms with E-state index in [0.717, 1.165) is 0 Å². The fraction of sp³-hybridized carbons (Fsp3) is 0.368. The lowest BCUT2D eigenvalue weighted by Crippen LogP contribution is -2.54. The highest BCUT2D eigenvalue weighted by Gasteiger charge is 2.43. The Morgan fingerprint density at radius 3 is 2.69 bits per heavy atom. The van der Waals surface area contributed by atoms with Gasteiger partial charge in [0.2, 0.25) is 5.65 Å². The van der Waals surface area contributed by atoms with Crippen molar-refractivity contribution in [2.75, 3.05) is 24.6 Å². The number of rotatable bonds is 4. The Hall–Kier alpha value is -2.99. The number of nitrogens with one attached hydrogen (secondary N) is 1. The summed E-state index contributed by atoms with van der Waals surface area (Å²) in [5.41, 5.74) is 6.06. The van der Waals surface area contributed by atoms with Gasteiger partial charge in [0, 0.05) is 13.1 Å². The van der Waals surface area contributed by atoms with Crippen molar-refractivity contribution < 1.29 is 27.1 Å². The van der Waals surface area contributed by atoms with Gasteiger partial charge in [-0.2, -0.15) is 18.3 Å². The number of ether oxygens (including phenoxy) is 1. The van der Waals surface area contributed by atoms with Crippen LogP contribution in [0.15, 0.2) is 24.4 Å². The summed E-state index contributed by atoms with van der Waals surface area (Å²) in [4.78, 5) is 21.6. The maximum Gasteiger partial charge on any atom is 0.490 e. The Morgan fingerprint density at radius 1 is 1.31 bits per heavy atom. The van der Waals surface area contributed by atoms with Crippen LogP contribution in [0.4, 0.5) is 23.4 Å². The van der Waals surface area contributed by atoms with Crippen molar-refractivity contribution >= 4 is 34.6 Å². The van der Waals surface area contributed by atoms with E-state index in [0.29, 0.717) is 30.1 Å². The zero-order valence-corrected chi connectivity index (χ0v) is 17.2. The third-order valence-corrected chi connectivity index (χ3v) is 5.58. The van der Waals surface area contributed by atoms with Crippen LogP contribution < -0.4 is 10.6 Å². The van der Waals surface area contributed by atoms with Gasteiger partial charge in [-0.3, -0.25) is 5.10 Å². The number of anilines is 1. The summed E-state index contributed by atoms with van der Waals surface area (Å²) in [6, 6.07) is 4.31. The lowest BCUT2D eigenvalue weighted by Gasteiger charge is -2.39. The lowest BCUT2D eigenvalue weighted by molar-refractivity contribution is -0.201. The van der Waals surface area contributed by atoms with Gasteiger partial charge in [-0.05, 0) is 25.0 Å².